The predicted octanol–water partition coefficient (Wildman–Crippen LogP) is 2.23. The molecule has 2 aliphatic rings. The monoisotopic (exact) mass is 410 g/mol. The molecule has 160 valence electrons. The molecule has 3 rings (SSSR count). The van der Waals surface area contributed by atoms with Gasteiger partial charge >= 0.3 is 0 Å². The Labute approximate surface area is 177 Å². The highest BCUT2D eigenvalue weighted by Gasteiger charge is 2.29. The van der Waals surface area contributed by atoms with E-state index in [-0.39, 0.29) is 24.3 Å². The first-order chi connectivity index (χ1) is 14.6. The molecule has 1 aromatic rings. The molecule has 2 amide bonds. The second-order valence-electron chi connectivity index (χ2n) is 7.92. The third-order valence-corrected chi connectivity index (χ3v) is 5.53. The second-order valence-corrected chi connectivity index (χ2v) is 7.92. The minimum atomic E-state index is -0.621. The quantitative estimate of drug-likeness (QED) is 0.343. The fraction of sp³-hybridized carbons (Fsp3) is 0.545. The number of nitrogens with zero attached hydrogens (tertiary/aromatic N) is 4. The van der Waals surface area contributed by atoms with Crippen LogP contribution in [0, 0.1) is 18.4 Å². The van der Waals surface area contributed by atoms with Gasteiger partial charge in [0, 0.05) is 25.3 Å². The van der Waals surface area contributed by atoms with E-state index in [1.807, 2.05) is 42.3 Å². The Morgan fingerprint density at radius 3 is 2.70 bits per heavy atom. The molecule has 1 aromatic carbocycles. The maximum absolute atomic E-state index is 13.2. The highest BCUT2D eigenvalue weighted by molar-refractivity contribution is 5.97. The van der Waals surface area contributed by atoms with Crippen LogP contribution in [0.1, 0.15) is 44.1 Å². The van der Waals surface area contributed by atoms with E-state index in [1.165, 1.54) is 0 Å². The van der Waals surface area contributed by atoms with Gasteiger partial charge in [-0.25, -0.2) is 4.99 Å². The number of hydrogen-bond donors (Lipinski definition) is 2. The molecule has 2 aliphatic heterocycles. The Morgan fingerprint density at radius 1 is 1.20 bits per heavy atom. The summed E-state index contributed by atoms with van der Waals surface area (Å²) in [6.45, 7) is 4.21. The third-order valence-electron chi connectivity index (χ3n) is 5.53. The van der Waals surface area contributed by atoms with Crippen molar-refractivity contribution in [3.05, 3.63) is 29.8 Å². The van der Waals surface area contributed by atoms with Crippen molar-refractivity contribution < 1.29 is 9.59 Å². The van der Waals surface area contributed by atoms with Crippen molar-refractivity contribution in [1.82, 2.24) is 15.1 Å². The first kappa shape index (κ1) is 21.6. The van der Waals surface area contributed by atoms with Crippen molar-refractivity contribution >= 4 is 23.5 Å². The highest BCUT2D eigenvalue weighted by Crippen LogP contribution is 2.17. The lowest BCUT2D eigenvalue weighted by Crippen LogP contribution is -2.47. The number of anilines is 1. The molecule has 0 aliphatic carbocycles. The summed E-state index contributed by atoms with van der Waals surface area (Å²) < 4.78 is 0. The zero-order chi connectivity index (χ0) is 21.3. The van der Waals surface area contributed by atoms with E-state index in [4.69, 9.17) is 5.26 Å². The summed E-state index contributed by atoms with van der Waals surface area (Å²) in [4.78, 5) is 33.8. The minimum Gasteiger partial charge on any atom is -0.341 e. The number of aryl methyl sites for hydroxylation is 1. The predicted molar refractivity (Wildman–Crippen MR) is 116 cm³/mol. The van der Waals surface area contributed by atoms with Gasteiger partial charge < -0.3 is 15.1 Å². The molecule has 2 saturated heterocycles. The van der Waals surface area contributed by atoms with Gasteiger partial charge in [0.1, 0.15) is 6.04 Å². The van der Waals surface area contributed by atoms with Gasteiger partial charge in [0.25, 0.3) is 0 Å². The van der Waals surface area contributed by atoms with Gasteiger partial charge in [-0.05, 0) is 50.3 Å². The molecule has 2 fully saturated rings. The maximum Gasteiger partial charge on any atom is 0.247 e. The number of carbonyl (C=O) groups is 2. The highest BCUT2D eigenvalue weighted by atomic mass is 16.2. The van der Waals surface area contributed by atoms with Crippen LogP contribution in [0.25, 0.3) is 0 Å². The number of guanidine groups is 1. The van der Waals surface area contributed by atoms with E-state index >= 15 is 0 Å². The van der Waals surface area contributed by atoms with Gasteiger partial charge in [0.05, 0.1) is 6.54 Å². The molecule has 8 nitrogen and oxygen atoms in total. The van der Waals surface area contributed by atoms with Gasteiger partial charge in [0.2, 0.25) is 17.8 Å². The standard InChI is InChI=1S/C22H30N6O2/c1-17-8-7-9-18(14-17)25-22(24-16-23)26-19-10-3-2-4-13-28(21(19)30)15-20(29)27-11-5-6-12-27/h7-9,14,19H,2-6,10-13,15H2,1H3,(H2,24,25,26). The number of rotatable bonds is 4. The van der Waals surface area contributed by atoms with Crippen LogP contribution < -0.4 is 10.6 Å². The number of aliphatic imine (C=N–C) groups is 1. The first-order valence-electron chi connectivity index (χ1n) is 10.7. The molecule has 1 atom stereocenters. The van der Waals surface area contributed by atoms with E-state index < -0.39 is 6.04 Å². The smallest absolute Gasteiger partial charge is 0.247 e. The molecular weight excluding hydrogens is 380 g/mol. The third kappa shape index (κ3) is 5.96. The molecule has 8 heteroatoms. The Bertz CT molecular complexity index is 825. The summed E-state index contributed by atoms with van der Waals surface area (Å²) in [7, 11) is 0. The largest absolute Gasteiger partial charge is 0.341 e. The molecule has 0 saturated carbocycles. The van der Waals surface area contributed by atoms with Crippen LogP contribution in [0.3, 0.4) is 0 Å². The number of carbonyl (C=O) groups excluding carboxylic acids is 2. The maximum atomic E-state index is 13.2. The van der Waals surface area contributed by atoms with Crippen molar-refractivity contribution in [2.45, 2.75) is 51.5 Å². The average molecular weight is 411 g/mol. The summed E-state index contributed by atoms with van der Waals surface area (Å²) in [6.07, 6.45) is 7.30. The number of likely N-dealkylation sites (tertiary alicyclic amines) is 2. The lowest BCUT2D eigenvalue weighted by atomic mass is 10.0. The van der Waals surface area contributed by atoms with Crippen molar-refractivity contribution in [3.63, 3.8) is 0 Å². The zero-order valence-corrected chi connectivity index (χ0v) is 17.6. The summed E-state index contributed by atoms with van der Waals surface area (Å²) in [5, 5.41) is 14.8. The van der Waals surface area contributed by atoms with Crippen molar-refractivity contribution in [1.29, 1.82) is 5.26 Å². The van der Waals surface area contributed by atoms with Crippen LogP contribution in [0.15, 0.2) is 29.3 Å². The Morgan fingerprint density at radius 2 is 1.97 bits per heavy atom. The van der Waals surface area contributed by atoms with Crippen LogP contribution in [-0.2, 0) is 9.59 Å². The number of amides is 2. The van der Waals surface area contributed by atoms with Crippen LogP contribution in [0.4, 0.5) is 5.69 Å². The Hall–Kier alpha value is -3.08. The van der Waals surface area contributed by atoms with Crippen LogP contribution in [0.5, 0.6) is 0 Å². The number of nitriles is 1. The molecule has 0 aromatic heterocycles. The van der Waals surface area contributed by atoms with Crippen molar-refractivity contribution in [2.75, 3.05) is 31.5 Å². The summed E-state index contributed by atoms with van der Waals surface area (Å²) in [5.41, 5.74) is 1.86. The van der Waals surface area contributed by atoms with Crippen LogP contribution in [-0.4, -0.2) is 59.8 Å². The summed E-state index contributed by atoms with van der Waals surface area (Å²) >= 11 is 0. The van der Waals surface area contributed by atoms with Crippen molar-refractivity contribution in [3.8, 4) is 6.19 Å². The lowest BCUT2D eigenvalue weighted by Gasteiger charge is -2.29. The van der Waals surface area contributed by atoms with Crippen LogP contribution in [0.2, 0.25) is 0 Å². The average Bonchev–Trinajstić information content (AvgIpc) is 3.25. The molecule has 0 bridgehead atoms. The van der Waals surface area contributed by atoms with E-state index in [0.29, 0.717) is 13.0 Å². The normalized spacial score (nSPS) is 20.3. The van der Waals surface area contributed by atoms with Crippen molar-refractivity contribution in [2.24, 2.45) is 4.99 Å². The van der Waals surface area contributed by atoms with E-state index in [0.717, 1.165) is 56.4 Å². The minimum absolute atomic E-state index is 0.0115. The molecule has 1 unspecified atom stereocenters. The van der Waals surface area contributed by atoms with Gasteiger partial charge in [0.15, 0.2) is 6.19 Å². The van der Waals surface area contributed by atoms with Gasteiger partial charge in [-0.2, -0.15) is 5.26 Å². The van der Waals surface area contributed by atoms with Crippen LogP contribution >= 0.6 is 0 Å². The Kier molecular flexibility index (Phi) is 7.66. The van der Waals surface area contributed by atoms with E-state index in [9.17, 15) is 9.59 Å². The lowest BCUT2D eigenvalue weighted by molar-refractivity contribution is -0.141. The van der Waals surface area contributed by atoms with E-state index in [1.54, 1.807) is 4.90 Å². The zero-order valence-electron chi connectivity index (χ0n) is 17.6. The SMILES string of the molecule is Cc1cccc(NC(=NC2CCCCCN(CC(=O)N3CCCC3)C2=O)NC#N)c1. The molecule has 2 N–H and O–H groups in total. The fourth-order valence-corrected chi connectivity index (χ4v) is 3.93. The summed E-state index contributed by atoms with van der Waals surface area (Å²) in [6, 6.07) is 7.09. The van der Waals surface area contributed by atoms with E-state index in [2.05, 4.69) is 15.6 Å². The van der Waals surface area contributed by atoms with Gasteiger partial charge in [-0.3, -0.25) is 14.9 Å². The van der Waals surface area contributed by atoms with Gasteiger partial charge in [-0.15, -0.1) is 0 Å². The van der Waals surface area contributed by atoms with Gasteiger partial charge in [-0.1, -0.05) is 25.0 Å². The molecule has 30 heavy (non-hydrogen) atoms. The first-order valence-corrected chi connectivity index (χ1v) is 10.7. The number of nitrogens with one attached hydrogen (secondary N) is 2. The molecule has 2 heterocycles. The second kappa shape index (κ2) is 10.6. The number of benzene rings is 1. The summed E-state index contributed by atoms with van der Waals surface area (Å²) in [5.74, 6) is 0.107. The molecular formula is C22H30N6O2. The number of hydrogen-bond acceptors (Lipinski definition) is 4. The topological polar surface area (TPSA) is 101 Å². The Balaban J connectivity index is 1.74. The molecule has 0 radical (unpaired) electrons. The fourth-order valence-electron chi connectivity index (χ4n) is 3.93. The molecule has 0 spiro atoms.